The maximum absolute atomic E-state index is 4.22. The van der Waals surface area contributed by atoms with Crippen LogP contribution < -0.4 is 0 Å². The molecule has 0 N–H and O–H groups in total. The Morgan fingerprint density at radius 2 is 1.88 bits per heavy atom. The van der Waals surface area contributed by atoms with E-state index < -0.39 is 0 Å². The van der Waals surface area contributed by atoms with Gasteiger partial charge in [-0.25, -0.2) is 0 Å². The second-order valence-corrected chi connectivity index (χ2v) is 4.01. The van der Waals surface area contributed by atoms with Gasteiger partial charge in [0.05, 0.1) is 5.69 Å². The third kappa shape index (κ3) is 1.18. The van der Waals surface area contributed by atoms with Gasteiger partial charge in [0, 0.05) is 43.0 Å². The summed E-state index contributed by atoms with van der Waals surface area (Å²) in [5.74, 6) is 0. The molecule has 2 heterocycles. The van der Waals surface area contributed by atoms with Crippen LogP contribution in [0.15, 0.2) is 42.7 Å². The zero-order valence-corrected chi connectivity index (χ0v) is 9.38. The lowest BCUT2D eigenvalue weighted by atomic mass is 10.1. The Balaban J connectivity index is 2.37. The second-order valence-electron chi connectivity index (χ2n) is 4.01. The van der Waals surface area contributed by atoms with Crippen LogP contribution in [0, 0.1) is 0 Å². The number of nitrogens with zero attached hydrogens (tertiary/aromatic N) is 3. The summed E-state index contributed by atoms with van der Waals surface area (Å²) in [7, 11) is 4.04. The standard InChI is InChI=1S/C13H13N3/c1-15-9-11(13-7-8-14-16(13)2)10-5-3-4-6-12(10)15/h3-9H,1-2H3. The van der Waals surface area contributed by atoms with Crippen LogP contribution in [0.3, 0.4) is 0 Å². The van der Waals surface area contributed by atoms with Gasteiger partial charge in [-0.3, -0.25) is 4.68 Å². The molecule has 3 rings (SSSR count). The first-order valence-electron chi connectivity index (χ1n) is 5.30. The van der Waals surface area contributed by atoms with Crippen LogP contribution in [-0.2, 0) is 14.1 Å². The van der Waals surface area contributed by atoms with Gasteiger partial charge in [-0.05, 0) is 12.1 Å². The molecule has 0 bridgehead atoms. The highest BCUT2D eigenvalue weighted by Crippen LogP contribution is 2.29. The molecule has 0 amide bonds. The number of benzene rings is 1. The average molecular weight is 211 g/mol. The van der Waals surface area contributed by atoms with Gasteiger partial charge in [0.2, 0.25) is 0 Å². The number of aromatic nitrogens is 3. The van der Waals surface area contributed by atoms with E-state index in [0.29, 0.717) is 0 Å². The Bertz CT molecular complexity index is 646. The fourth-order valence-corrected chi connectivity index (χ4v) is 2.18. The van der Waals surface area contributed by atoms with E-state index >= 15 is 0 Å². The Morgan fingerprint density at radius 1 is 1.06 bits per heavy atom. The number of aryl methyl sites for hydroxylation is 2. The molecule has 0 aliphatic carbocycles. The van der Waals surface area contributed by atoms with E-state index in [2.05, 4.69) is 47.2 Å². The van der Waals surface area contributed by atoms with Crippen LogP contribution in [-0.4, -0.2) is 14.3 Å². The summed E-state index contributed by atoms with van der Waals surface area (Å²) in [6, 6.07) is 10.5. The summed E-state index contributed by atoms with van der Waals surface area (Å²) in [6.45, 7) is 0. The van der Waals surface area contributed by atoms with Crippen LogP contribution in [0.25, 0.3) is 22.2 Å². The summed E-state index contributed by atoms with van der Waals surface area (Å²) in [6.07, 6.45) is 3.98. The predicted octanol–water partition coefficient (Wildman–Crippen LogP) is 2.58. The van der Waals surface area contributed by atoms with Gasteiger partial charge in [-0.1, -0.05) is 18.2 Å². The quantitative estimate of drug-likeness (QED) is 0.606. The van der Waals surface area contributed by atoms with Crippen molar-refractivity contribution < 1.29 is 0 Å². The van der Waals surface area contributed by atoms with Gasteiger partial charge in [0.1, 0.15) is 0 Å². The molecular weight excluding hydrogens is 198 g/mol. The first-order chi connectivity index (χ1) is 7.77. The lowest BCUT2D eigenvalue weighted by Crippen LogP contribution is -1.92. The Hall–Kier alpha value is -2.03. The molecule has 2 aromatic heterocycles. The van der Waals surface area contributed by atoms with E-state index in [-0.39, 0.29) is 0 Å². The third-order valence-corrected chi connectivity index (χ3v) is 2.99. The van der Waals surface area contributed by atoms with Crippen molar-refractivity contribution in [1.82, 2.24) is 14.3 Å². The molecule has 3 aromatic rings. The van der Waals surface area contributed by atoms with Gasteiger partial charge >= 0.3 is 0 Å². The number of hydrogen-bond acceptors (Lipinski definition) is 1. The highest BCUT2D eigenvalue weighted by molar-refractivity contribution is 5.95. The smallest absolute Gasteiger partial charge is 0.0700 e. The number of rotatable bonds is 1. The summed E-state index contributed by atoms with van der Waals surface area (Å²) in [5, 5.41) is 5.49. The zero-order chi connectivity index (χ0) is 11.1. The molecule has 1 aromatic carbocycles. The molecule has 80 valence electrons. The normalized spacial score (nSPS) is 11.1. The minimum Gasteiger partial charge on any atom is -0.350 e. The van der Waals surface area contributed by atoms with E-state index in [0.717, 1.165) is 5.69 Å². The van der Waals surface area contributed by atoms with Crippen molar-refractivity contribution in [2.75, 3.05) is 0 Å². The first kappa shape index (κ1) is 9.21. The van der Waals surface area contributed by atoms with Gasteiger partial charge in [-0.15, -0.1) is 0 Å². The zero-order valence-electron chi connectivity index (χ0n) is 9.38. The SMILES string of the molecule is Cn1nccc1-c1cn(C)c2ccccc12. The van der Waals surface area contributed by atoms with Crippen LogP contribution in [0.1, 0.15) is 0 Å². The van der Waals surface area contributed by atoms with Crippen molar-refractivity contribution in [3.8, 4) is 11.3 Å². The monoisotopic (exact) mass is 211 g/mol. The molecule has 0 aliphatic heterocycles. The van der Waals surface area contributed by atoms with E-state index in [9.17, 15) is 0 Å². The molecule has 0 saturated heterocycles. The van der Waals surface area contributed by atoms with Gasteiger partial charge in [-0.2, -0.15) is 5.10 Å². The molecule has 0 spiro atoms. The van der Waals surface area contributed by atoms with Crippen molar-refractivity contribution in [2.45, 2.75) is 0 Å². The number of hydrogen-bond donors (Lipinski definition) is 0. The molecule has 3 heteroatoms. The highest BCUT2D eigenvalue weighted by atomic mass is 15.3. The van der Waals surface area contributed by atoms with Crippen LogP contribution in [0.4, 0.5) is 0 Å². The Morgan fingerprint density at radius 3 is 2.62 bits per heavy atom. The fraction of sp³-hybridized carbons (Fsp3) is 0.154. The van der Waals surface area contributed by atoms with Crippen LogP contribution in [0.5, 0.6) is 0 Å². The Kier molecular flexibility index (Phi) is 1.86. The number of para-hydroxylation sites is 1. The molecule has 3 nitrogen and oxygen atoms in total. The molecule has 0 unspecified atom stereocenters. The largest absolute Gasteiger partial charge is 0.350 e. The summed E-state index contributed by atoms with van der Waals surface area (Å²) >= 11 is 0. The maximum atomic E-state index is 4.22. The molecule has 0 fully saturated rings. The molecule has 16 heavy (non-hydrogen) atoms. The van der Waals surface area contributed by atoms with Gasteiger partial charge < -0.3 is 4.57 Å². The Labute approximate surface area is 93.9 Å². The highest BCUT2D eigenvalue weighted by Gasteiger charge is 2.10. The van der Waals surface area contributed by atoms with Crippen LogP contribution >= 0.6 is 0 Å². The minimum atomic E-state index is 1.15. The molecule has 0 radical (unpaired) electrons. The molecule has 0 atom stereocenters. The first-order valence-corrected chi connectivity index (χ1v) is 5.30. The summed E-state index contributed by atoms with van der Waals surface area (Å²) in [4.78, 5) is 0. The second kappa shape index (κ2) is 3.23. The lowest BCUT2D eigenvalue weighted by molar-refractivity contribution is 0.776. The maximum Gasteiger partial charge on any atom is 0.0700 e. The van der Waals surface area contributed by atoms with Crippen molar-refractivity contribution >= 4 is 10.9 Å². The predicted molar refractivity (Wildman–Crippen MR) is 65.1 cm³/mol. The van der Waals surface area contributed by atoms with E-state index in [1.54, 1.807) is 0 Å². The summed E-state index contributed by atoms with van der Waals surface area (Å²) in [5.41, 5.74) is 3.63. The summed E-state index contributed by atoms with van der Waals surface area (Å²) < 4.78 is 4.06. The van der Waals surface area contributed by atoms with Crippen molar-refractivity contribution in [2.24, 2.45) is 14.1 Å². The topological polar surface area (TPSA) is 22.8 Å². The van der Waals surface area contributed by atoms with Gasteiger partial charge in [0.15, 0.2) is 0 Å². The van der Waals surface area contributed by atoms with E-state index in [1.165, 1.54) is 16.5 Å². The van der Waals surface area contributed by atoms with Crippen LogP contribution in [0.2, 0.25) is 0 Å². The minimum absolute atomic E-state index is 1.15. The molecule has 0 saturated carbocycles. The average Bonchev–Trinajstić information content (AvgIpc) is 2.84. The number of fused-ring (bicyclic) bond motifs is 1. The van der Waals surface area contributed by atoms with Crippen molar-refractivity contribution in [3.05, 3.63) is 42.7 Å². The molecule has 0 aliphatic rings. The van der Waals surface area contributed by atoms with Crippen molar-refractivity contribution in [1.29, 1.82) is 0 Å². The van der Waals surface area contributed by atoms with Gasteiger partial charge in [0.25, 0.3) is 0 Å². The third-order valence-electron chi connectivity index (χ3n) is 2.99. The van der Waals surface area contributed by atoms with E-state index in [4.69, 9.17) is 0 Å². The lowest BCUT2D eigenvalue weighted by Gasteiger charge is -1.99. The molecular formula is C13H13N3. The fourth-order valence-electron chi connectivity index (χ4n) is 2.18. The van der Waals surface area contributed by atoms with Crippen molar-refractivity contribution in [3.63, 3.8) is 0 Å². The van der Waals surface area contributed by atoms with E-state index in [1.807, 2.05) is 24.0 Å².